The van der Waals surface area contributed by atoms with Crippen LogP contribution in [0.25, 0.3) is 0 Å². The zero-order chi connectivity index (χ0) is 14.1. The summed E-state index contributed by atoms with van der Waals surface area (Å²) in [6.07, 6.45) is 8.09. The number of carbonyl (C=O) groups excluding carboxylic acids is 1. The van der Waals surface area contributed by atoms with Gasteiger partial charge in [0.1, 0.15) is 0 Å². The van der Waals surface area contributed by atoms with E-state index in [1.165, 1.54) is 12.8 Å². The van der Waals surface area contributed by atoms with Gasteiger partial charge in [0.2, 0.25) is 0 Å². The minimum absolute atomic E-state index is 0.0597. The molecule has 0 amide bonds. The Balaban J connectivity index is 4.16. The van der Waals surface area contributed by atoms with Crippen LogP contribution in [-0.2, 0) is 9.53 Å². The maximum Gasteiger partial charge on any atom is 0.331 e. The van der Waals surface area contributed by atoms with E-state index in [-0.39, 0.29) is 12.1 Å². The lowest BCUT2D eigenvalue weighted by molar-refractivity contribution is -0.141. The van der Waals surface area contributed by atoms with Gasteiger partial charge in [-0.1, -0.05) is 39.3 Å². The molecule has 0 aliphatic rings. The first-order valence-electron chi connectivity index (χ1n) is 6.88. The van der Waals surface area contributed by atoms with Gasteiger partial charge in [-0.25, -0.2) is 4.79 Å². The number of allylic oxidation sites excluding steroid dienone is 3. The molecule has 0 radical (unpaired) electrons. The Bertz CT molecular complexity index is 298. The molecule has 0 spiro atoms. The van der Waals surface area contributed by atoms with E-state index in [2.05, 4.69) is 26.8 Å². The average Bonchev–Trinajstić information content (AvgIpc) is 2.22. The zero-order valence-corrected chi connectivity index (χ0v) is 12.7. The van der Waals surface area contributed by atoms with Crippen molar-refractivity contribution in [3.8, 4) is 0 Å². The van der Waals surface area contributed by atoms with Crippen LogP contribution in [-0.4, -0.2) is 12.1 Å². The molecular formula is C16H28O2. The van der Waals surface area contributed by atoms with Crippen molar-refractivity contribution >= 4 is 5.97 Å². The fraction of sp³-hybridized carbons (Fsp3) is 0.688. The van der Waals surface area contributed by atoms with Crippen LogP contribution in [0.5, 0.6) is 0 Å². The predicted molar refractivity (Wildman–Crippen MR) is 77.4 cm³/mol. The largest absolute Gasteiger partial charge is 0.460 e. The molecule has 0 aliphatic heterocycles. The number of carbonyl (C=O) groups is 1. The molecule has 2 nitrogen and oxygen atoms in total. The molecule has 0 aromatic rings. The summed E-state index contributed by atoms with van der Waals surface area (Å²) >= 11 is 0. The lowest BCUT2D eigenvalue weighted by Gasteiger charge is -2.08. The molecule has 2 heteroatoms. The van der Waals surface area contributed by atoms with E-state index >= 15 is 0 Å². The highest BCUT2D eigenvalue weighted by Gasteiger charge is 2.02. The molecule has 0 saturated carbocycles. The SMILES string of the molecule is CC(/C=C/C(C)CCC(C)C)=C\C(=O)OC(C)C. The second kappa shape index (κ2) is 8.96. The molecule has 1 atom stereocenters. The van der Waals surface area contributed by atoms with Crippen molar-refractivity contribution in [1.82, 2.24) is 0 Å². The van der Waals surface area contributed by atoms with Crippen LogP contribution in [0.4, 0.5) is 0 Å². The van der Waals surface area contributed by atoms with Gasteiger partial charge in [-0.2, -0.15) is 0 Å². The fourth-order valence-corrected chi connectivity index (χ4v) is 1.51. The number of rotatable bonds is 7. The maximum absolute atomic E-state index is 11.4. The lowest BCUT2D eigenvalue weighted by atomic mass is 9.98. The van der Waals surface area contributed by atoms with Gasteiger partial charge in [-0.15, -0.1) is 0 Å². The van der Waals surface area contributed by atoms with Crippen molar-refractivity contribution in [1.29, 1.82) is 0 Å². The third-order valence-corrected chi connectivity index (χ3v) is 2.58. The lowest BCUT2D eigenvalue weighted by Crippen LogP contribution is -2.08. The first-order chi connectivity index (χ1) is 8.31. The molecule has 0 N–H and O–H groups in total. The summed E-state index contributed by atoms with van der Waals surface area (Å²) in [4.78, 5) is 11.4. The van der Waals surface area contributed by atoms with Crippen LogP contribution in [0.3, 0.4) is 0 Å². The van der Waals surface area contributed by atoms with Gasteiger partial charge < -0.3 is 4.74 Å². The molecule has 0 heterocycles. The Morgan fingerprint density at radius 1 is 1.11 bits per heavy atom. The Kier molecular flexibility index (Phi) is 8.43. The Morgan fingerprint density at radius 3 is 2.22 bits per heavy atom. The van der Waals surface area contributed by atoms with Crippen LogP contribution in [0, 0.1) is 11.8 Å². The van der Waals surface area contributed by atoms with Gasteiger partial charge in [0, 0.05) is 6.08 Å². The Labute approximate surface area is 112 Å². The third-order valence-electron chi connectivity index (χ3n) is 2.58. The highest BCUT2D eigenvalue weighted by atomic mass is 16.5. The van der Waals surface area contributed by atoms with Crippen molar-refractivity contribution < 1.29 is 9.53 Å². The van der Waals surface area contributed by atoms with Gasteiger partial charge in [0.15, 0.2) is 0 Å². The van der Waals surface area contributed by atoms with Crippen LogP contribution in [0.15, 0.2) is 23.8 Å². The summed E-state index contributed by atoms with van der Waals surface area (Å²) in [5, 5.41) is 0. The first kappa shape index (κ1) is 16.9. The molecule has 0 aliphatic carbocycles. The van der Waals surface area contributed by atoms with Crippen LogP contribution < -0.4 is 0 Å². The summed E-state index contributed by atoms with van der Waals surface area (Å²) in [5.74, 6) is 1.04. The highest BCUT2D eigenvalue weighted by molar-refractivity contribution is 5.83. The molecule has 0 saturated heterocycles. The maximum atomic E-state index is 11.4. The topological polar surface area (TPSA) is 26.3 Å². The molecule has 0 aromatic carbocycles. The quantitative estimate of drug-likeness (QED) is 0.378. The number of hydrogen-bond acceptors (Lipinski definition) is 2. The van der Waals surface area contributed by atoms with Crippen LogP contribution in [0.2, 0.25) is 0 Å². The first-order valence-corrected chi connectivity index (χ1v) is 6.88. The number of esters is 1. The van der Waals surface area contributed by atoms with Crippen molar-refractivity contribution in [2.45, 2.75) is 60.5 Å². The van der Waals surface area contributed by atoms with Crippen LogP contribution in [0.1, 0.15) is 54.4 Å². The third kappa shape index (κ3) is 10.1. The summed E-state index contributed by atoms with van der Waals surface area (Å²) in [6.45, 7) is 12.3. The fourth-order valence-electron chi connectivity index (χ4n) is 1.51. The molecule has 0 fully saturated rings. The number of hydrogen-bond donors (Lipinski definition) is 0. The van der Waals surface area contributed by atoms with Gasteiger partial charge in [-0.3, -0.25) is 0 Å². The summed E-state index contributed by atoms with van der Waals surface area (Å²) < 4.78 is 5.06. The summed E-state index contributed by atoms with van der Waals surface area (Å²) in [7, 11) is 0. The van der Waals surface area contributed by atoms with Gasteiger partial charge in [-0.05, 0) is 44.6 Å². The predicted octanol–water partition coefficient (Wildman–Crippen LogP) is 4.51. The van der Waals surface area contributed by atoms with Crippen molar-refractivity contribution in [2.75, 3.05) is 0 Å². The minimum Gasteiger partial charge on any atom is -0.460 e. The molecule has 18 heavy (non-hydrogen) atoms. The van der Waals surface area contributed by atoms with E-state index in [9.17, 15) is 4.79 Å². The zero-order valence-electron chi connectivity index (χ0n) is 12.7. The molecule has 0 bridgehead atoms. The monoisotopic (exact) mass is 252 g/mol. The van der Waals surface area contributed by atoms with Crippen LogP contribution >= 0.6 is 0 Å². The minimum atomic E-state index is -0.262. The molecule has 0 aromatic heterocycles. The standard InChI is InChI=1S/C16H28O2/c1-12(2)7-8-14(5)9-10-15(6)11-16(17)18-13(3)4/h9-14H,7-8H2,1-6H3/b10-9+,15-11+. The molecule has 1 unspecified atom stereocenters. The van der Waals surface area contributed by atoms with E-state index in [1.807, 2.05) is 26.8 Å². The second-order valence-electron chi connectivity index (χ2n) is 5.68. The van der Waals surface area contributed by atoms with E-state index in [0.717, 1.165) is 11.5 Å². The van der Waals surface area contributed by atoms with Gasteiger partial charge in [0.25, 0.3) is 0 Å². The molecule has 0 rings (SSSR count). The summed E-state index contributed by atoms with van der Waals surface area (Å²) in [6, 6.07) is 0. The Hall–Kier alpha value is -1.05. The van der Waals surface area contributed by atoms with Crippen molar-refractivity contribution in [3.63, 3.8) is 0 Å². The van der Waals surface area contributed by atoms with Crippen molar-refractivity contribution in [3.05, 3.63) is 23.8 Å². The molecule has 104 valence electrons. The highest BCUT2D eigenvalue weighted by Crippen LogP contribution is 2.13. The Morgan fingerprint density at radius 2 is 1.72 bits per heavy atom. The number of ether oxygens (including phenoxy) is 1. The summed E-state index contributed by atoms with van der Waals surface area (Å²) in [5.41, 5.74) is 0.942. The van der Waals surface area contributed by atoms with Gasteiger partial charge >= 0.3 is 5.97 Å². The van der Waals surface area contributed by atoms with E-state index in [0.29, 0.717) is 5.92 Å². The normalized spacial score (nSPS) is 14.6. The van der Waals surface area contributed by atoms with E-state index in [4.69, 9.17) is 4.74 Å². The van der Waals surface area contributed by atoms with E-state index in [1.54, 1.807) is 6.08 Å². The van der Waals surface area contributed by atoms with E-state index < -0.39 is 0 Å². The average molecular weight is 252 g/mol. The van der Waals surface area contributed by atoms with Gasteiger partial charge in [0.05, 0.1) is 6.10 Å². The second-order valence-corrected chi connectivity index (χ2v) is 5.68. The molecular weight excluding hydrogens is 224 g/mol. The smallest absolute Gasteiger partial charge is 0.331 e. The van der Waals surface area contributed by atoms with Crippen molar-refractivity contribution in [2.24, 2.45) is 11.8 Å².